The second-order valence-corrected chi connectivity index (χ2v) is 5.02. The number of halogens is 2. The van der Waals surface area contributed by atoms with E-state index in [2.05, 4.69) is 11.8 Å². The molecule has 14 heavy (non-hydrogen) atoms. The first-order chi connectivity index (χ1) is 6.59. The summed E-state index contributed by atoms with van der Waals surface area (Å²) in [4.78, 5) is 2.35. The Bertz CT molecular complexity index is 200. The summed E-state index contributed by atoms with van der Waals surface area (Å²) in [5.41, 5.74) is 5.89. The summed E-state index contributed by atoms with van der Waals surface area (Å²) in [6.07, 6.45) is 4.30. The molecular weight excluding hydrogens is 219 g/mol. The molecule has 1 heterocycles. The molecule has 82 valence electrons. The minimum atomic E-state index is 0.285. The fourth-order valence-electron chi connectivity index (χ4n) is 1.88. The van der Waals surface area contributed by atoms with Gasteiger partial charge in [-0.1, -0.05) is 23.2 Å². The van der Waals surface area contributed by atoms with E-state index in [1.807, 2.05) is 6.08 Å². The number of nitrogens with zero attached hydrogens (tertiary/aromatic N) is 1. The Morgan fingerprint density at radius 2 is 2.36 bits per heavy atom. The fourth-order valence-corrected chi connectivity index (χ4v) is 2.02. The molecule has 0 aromatic carbocycles. The van der Waals surface area contributed by atoms with Crippen molar-refractivity contribution in [2.75, 3.05) is 19.6 Å². The van der Waals surface area contributed by atoms with Gasteiger partial charge in [-0.2, -0.15) is 0 Å². The lowest BCUT2D eigenvalue weighted by Crippen LogP contribution is -2.42. The number of rotatable bonds is 3. The van der Waals surface area contributed by atoms with E-state index in [1.165, 1.54) is 12.8 Å². The average Bonchev–Trinajstić information content (AvgIpc) is 2.15. The molecule has 1 fully saturated rings. The summed E-state index contributed by atoms with van der Waals surface area (Å²) in [5.74, 6) is 0.617. The molecule has 2 unspecified atom stereocenters. The SMILES string of the molecule is CC(N)C1CCCN(CC=C(Cl)Cl)C1. The van der Waals surface area contributed by atoms with Crippen LogP contribution in [-0.2, 0) is 0 Å². The van der Waals surface area contributed by atoms with Gasteiger partial charge >= 0.3 is 0 Å². The Balaban J connectivity index is 2.36. The third kappa shape index (κ3) is 4.18. The van der Waals surface area contributed by atoms with Crippen LogP contribution in [-0.4, -0.2) is 30.6 Å². The highest BCUT2D eigenvalue weighted by atomic mass is 35.5. The standard InChI is InChI=1S/C10H18Cl2N2/c1-8(13)9-3-2-5-14(7-9)6-4-10(11)12/h4,8-9H,2-3,5-7,13H2,1H3. The van der Waals surface area contributed by atoms with Crippen molar-refractivity contribution in [3.8, 4) is 0 Å². The van der Waals surface area contributed by atoms with Crippen LogP contribution in [0.3, 0.4) is 0 Å². The number of nitrogens with two attached hydrogens (primary N) is 1. The Morgan fingerprint density at radius 3 is 2.93 bits per heavy atom. The number of hydrogen-bond donors (Lipinski definition) is 1. The van der Waals surface area contributed by atoms with E-state index in [1.54, 1.807) is 0 Å². The highest BCUT2D eigenvalue weighted by molar-refractivity contribution is 6.55. The highest BCUT2D eigenvalue weighted by Crippen LogP contribution is 2.19. The zero-order valence-electron chi connectivity index (χ0n) is 8.55. The van der Waals surface area contributed by atoms with E-state index in [4.69, 9.17) is 28.9 Å². The van der Waals surface area contributed by atoms with E-state index in [0.29, 0.717) is 10.4 Å². The molecule has 0 aromatic rings. The first kappa shape index (κ1) is 12.3. The van der Waals surface area contributed by atoms with Crippen LogP contribution in [0.5, 0.6) is 0 Å². The van der Waals surface area contributed by atoms with Crippen molar-refractivity contribution < 1.29 is 0 Å². The van der Waals surface area contributed by atoms with Crippen molar-refractivity contribution in [2.24, 2.45) is 11.7 Å². The third-order valence-corrected chi connectivity index (χ3v) is 3.10. The predicted molar refractivity (Wildman–Crippen MR) is 62.6 cm³/mol. The van der Waals surface area contributed by atoms with E-state index >= 15 is 0 Å². The monoisotopic (exact) mass is 236 g/mol. The van der Waals surface area contributed by atoms with Gasteiger partial charge < -0.3 is 5.73 Å². The van der Waals surface area contributed by atoms with Gasteiger partial charge in [0.25, 0.3) is 0 Å². The first-order valence-electron chi connectivity index (χ1n) is 5.08. The molecule has 1 rings (SSSR count). The zero-order chi connectivity index (χ0) is 10.6. The zero-order valence-corrected chi connectivity index (χ0v) is 10.1. The van der Waals surface area contributed by atoms with E-state index in [-0.39, 0.29) is 6.04 Å². The maximum absolute atomic E-state index is 5.89. The quantitative estimate of drug-likeness (QED) is 0.816. The minimum Gasteiger partial charge on any atom is -0.328 e. The van der Waals surface area contributed by atoms with Gasteiger partial charge in [-0.05, 0) is 38.3 Å². The van der Waals surface area contributed by atoms with Crippen LogP contribution in [0.2, 0.25) is 0 Å². The smallest absolute Gasteiger partial charge is 0.104 e. The molecule has 1 aliphatic rings. The molecule has 0 saturated carbocycles. The van der Waals surface area contributed by atoms with Crippen LogP contribution >= 0.6 is 23.2 Å². The topological polar surface area (TPSA) is 29.3 Å². The normalized spacial score (nSPS) is 25.9. The van der Waals surface area contributed by atoms with Crippen molar-refractivity contribution >= 4 is 23.2 Å². The van der Waals surface area contributed by atoms with Gasteiger partial charge in [-0.3, -0.25) is 4.90 Å². The van der Waals surface area contributed by atoms with Gasteiger partial charge in [-0.15, -0.1) is 0 Å². The Morgan fingerprint density at radius 1 is 1.64 bits per heavy atom. The van der Waals surface area contributed by atoms with Crippen molar-refractivity contribution in [3.63, 3.8) is 0 Å². The van der Waals surface area contributed by atoms with E-state index in [9.17, 15) is 0 Å². The summed E-state index contributed by atoms with van der Waals surface area (Å²) >= 11 is 11.1. The second kappa shape index (κ2) is 5.96. The lowest BCUT2D eigenvalue weighted by Gasteiger charge is -2.33. The molecule has 0 amide bonds. The molecule has 0 bridgehead atoms. The summed E-state index contributed by atoms with van der Waals surface area (Å²) < 4.78 is 0.355. The predicted octanol–water partition coefficient (Wildman–Crippen LogP) is 2.36. The fraction of sp³-hybridized carbons (Fsp3) is 0.800. The Hall–Kier alpha value is 0.240. The maximum Gasteiger partial charge on any atom is 0.104 e. The van der Waals surface area contributed by atoms with E-state index in [0.717, 1.165) is 19.6 Å². The van der Waals surface area contributed by atoms with Crippen LogP contribution in [0.25, 0.3) is 0 Å². The molecule has 0 spiro atoms. The maximum atomic E-state index is 5.89. The van der Waals surface area contributed by atoms with Gasteiger partial charge in [0.15, 0.2) is 0 Å². The molecular formula is C10H18Cl2N2. The minimum absolute atomic E-state index is 0.285. The molecule has 1 aliphatic heterocycles. The summed E-state index contributed by atoms with van der Waals surface area (Å²) in [7, 11) is 0. The number of piperidine rings is 1. The van der Waals surface area contributed by atoms with Gasteiger partial charge in [0.1, 0.15) is 4.49 Å². The summed E-state index contributed by atoms with van der Waals surface area (Å²) in [6, 6.07) is 0.285. The van der Waals surface area contributed by atoms with Gasteiger partial charge in [0, 0.05) is 19.1 Å². The third-order valence-electron chi connectivity index (χ3n) is 2.79. The molecule has 1 saturated heterocycles. The lowest BCUT2D eigenvalue weighted by atomic mass is 9.92. The van der Waals surface area contributed by atoms with Crippen LogP contribution in [0, 0.1) is 5.92 Å². The first-order valence-corrected chi connectivity index (χ1v) is 5.84. The van der Waals surface area contributed by atoms with E-state index < -0.39 is 0 Å². The van der Waals surface area contributed by atoms with Crippen molar-refractivity contribution in [3.05, 3.63) is 10.6 Å². The second-order valence-electron chi connectivity index (χ2n) is 4.01. The van der Waals surface area contributed by atoms with Crippen molar-refractivity contribution in [1.82, 2.24) is 4.90 Å². The number of likely N-dealkylation sites (tertiary alicyclic amines) is 1. The lowest BCUT2D eigenvalue weighted by molar-refractivity contribution is 0.175. The number of hydrogen-bond acceptors (Lipinski definition) is 2. The van der Waals surface area contributed by atoms with Crippen molar-refractivity contribution in [2.45, 2.75) is 25.8 Å². The van der Waals surface area contributed by atoms with Crippen LogP contribution < -0.4 is 5.73 Å². The van der Waals surface area contributed by atoms with Crippen LogP contribution in [0.15, 0.2) is 10.6 Å². The van der Waals surface area contributed by atoms with Gasteiger partial charge in [0.2, 0.25) is 0 Å². The van der Waals surface area contributed by atoms with Gasteiger partial charge in [-0.25, -0.2) is 0 Å². The van der Waals surface area contributed by atoms with Crippen LogP contribution in [0.4, 0.5) is 0 Å². The Labute approximate surface area is 96.0 Å². The van der Waals surface area contributed by atoms with Crippen molar-refractivity contribution in [1.29, 1.82) is 0 Å². The molecule has 0 radical (unpaired) electrons. The molecule has 4 heteroatoms. The highest BCUT2D eigenvalue weighted by Gasteiger charge is 2.21. The molecule has 2 atom stereocenters. The Kier molecular flexibility index (Phi) is 5.24. The average molecular weight is 237 g/mol. The molecule has 0 aromatic heterocycles. The summed E-state index contributed by atoms with van der Waals surface area (Å²) in [6.45, 7) is 5.11. The summed E-state index contributed by atoms with van der Waals surface area (Å²) in [5, 5.41) is 0. The largest absolute Gasteiger partial charge is 0.328 e. The van der Waals surface area contributed by atoms with Crippen LogP contribution in [0.1, 0.15) is 19.8 Å². The molecule has 2 N–H and O–H groups in total. The van der Waals surface area contributed by atoms with Gasteiger partial charge in [0.05, 0.1) is 0 Å². The molecule has 2 nitrogen and oxygen atoms in total. The molecule has 0 aliphatic carbocycles.